The van der Waals surface area contributed by atoms with Gasteiger partial charge in [0.15, 0.2) is 0 Å². The van der Waals surface area contributed by atoms with E-state index in [1.165, 1.54) is 6.20 Å². The van der Waals surface area contributed by atoms with Crippen molar-refractivity contribution < 1.29 is 32.3 Å². The average Bonchev–Trinajstić information content (AvgIpc) is 3.84. The number of hydrogen-bond acceptors (Lipinski definition) is 10. The molecule has 0 saturated carbocycles. The van der Waals surface area contributed by atoms with Gasteiger partial charge in [-0.3, -0.25) is 23.7 Å². The number of methoxy groups -OCH3 is 1. The molecule has 0 aliphatic heterocycles. The summed E-state index contributed by atoms with van der Waals surface area (Å²) in [7, 11) is -1.53. The van der Waals surface area contributed by atoms with Crippen LogP contribution < -0.4 is 30.8 Å². The SMILES string of the molecule is CCCCNC(=O)CCCOc1cc(C)c(S(=O)(=O)N[C@@H](CNC(=O)c2cn(C)c3cc(CNc4nccn4C(c4ccccc4)(c4ccccc4)c4ccccc4)ccc3c2=O)C(=O)OC)c(C)c1. The lowest BCUT2D eigenvalue weighted by molar-refractivity contribution is -0.142. The highest BCUT2D eigenvalue weighted by molar-refractivity contribution is 7.89. The molecular formula is C54H59N7O8S. The molecule has 0 aliphatic carbocycles. The van der Waals surface area contributed by atoms with Crippen LogP contribution in [0.5, 0.6) is 5.75 Å². The quantitative estimate of drug-likeness (QED) is 0.0309. The molecule has 0 saturated heterocycles. The number of amides is 2. The van der Waals surface area contributed by atoms with Gasteiger partial charge in [0.1, 0.15) is 22.9 Å². The molecule has 70 heavy (non-hydrogen) atoms. The van der Waals surface area contributed by atoms with Gasteiger partial charge >= 0.3 is 5.97 Å². The van der Waals surface area contributed by atoms with Crippen LogP contribution in [0.1, 0.15) is 76.3 Å². The van der Waals surface area contributed by atoms with E-state index in [1.54, 1.807) is 49.9 Å². The molecule has 1 atom stereocenters. The predicted octanol–water partition coefficient (Wildman–Crippen LogP) is 7.13. The molecule has 0 fully saturated rings. The van der Waals surface area contributed by atoms with Crippen molar-refractivity contribution in [2.75, 3.05) is 32.1 Å². The standard InChI is InChI=1S/C54H59N7O8S/c1-6-7-27-55-48(62)24-17-30-69-43-31-37(2)50(38(3)32-43)70(66,67)59-46(52(65)68-5)35-57-51(64)45-36-60(4)47-33-39(25-26-44(47)49(45)63)34-58-53-56-28-29-61(53)54(40-18-11-8-12-19-40,41-20-13-9-14-21-41)42-22-15-10-16-23-42/h8-16,18-23,25-26,28-29,31-33,36,46,59H,6-7,17,24,27,30,34-35H2,1-5H3,(H,55,62)(H,56,58)(H,57,64)/t46-/m0/s1. The summed E-state index contributed by atoms with van der Waals surface area (Å²) in [6.45, 7) is 5.97. The highest BCUT2D eigenvalue weighted by atomic mass is 32.2. The lowest BCUT2D eigenvalue weighted by Gasteiger charge is -2.38. The summed E-state index contributed by atoms with van der Waals surface area (Å²) >= 11 is 0. The summed E-state index contributed by atoms with van der Waals surface area (Å²) < 4.78 is 44.6. The summed E-state index contributed by atoms with van der Waals surface area (Å²) in [5, 5.41) is 9.26. The number of nitrogens with zero attached hydrogens (tertiary/aromatic N) is 3. The number of pyridine rings is 1. The maximum Gasteiger partial charge on any atom is 0.325 e. The molecule has 0 spiro atoms. The molecule has 0 unspecified atom stereocenters. The van der Waals surface area contributed by atoms with Gasteiger partial charge in [-0.25, -0.2) is 13.4 Å². The molecule has 0 aliphatic rings. The minimum Gasteiger partial charge on any atom is -0.494 e. The maximum atomic E-state index is 13.9. The van der Waals surface area contributed by atoms with Gasteiger partial charge in [-0.05, 0) is 84.3 Å². The summed E-state index contributed by atoms with van der Waals surface area (Å²) in [6, 6.07) is 37.8. The topological polar surface area (TPSA) is 192 Å². The smallest absolute Gasteiger partial charge is 0.325 e. The lowest BCUT2D eigenvalue weighted by atomic mass is 9.76. The van der Waals surface area contributed by atoms with Gasteiger partial charge in [-0.15, -0.1) is 0 Å². The Kier molecular flexibility index (Phi) is 16.3. The molecular weight excluding hydrogens is 907 g/mol. The highest BCUT2D eigenvalue weighted by Gasteiger charge is 2.40. The zero-order valence-corrected chi connectivity index (χ0v) is 40.8. The number of sulfonamides is 1. The lowest BCUT2D eigenvalue weighted by Crippen LogP contribution is -2.49. The van der Waals surface area contributed by atoms with Gasteiger partial charge in [0, 0.05) is 57.1 Å². The number of aryl methyl sites for hydroxylation is 3. The summed E-state index contributed by atoms with van der Waals surface area (Å²) in [5.41, 5.74) is 3.73. The summed E-state index contributed by atoms with van der Waals surface area (Å²) in [5.74, 6) is -0.759. The molecule has 2 amide bonds. The van der Waals surface area contributed by atoms with Crippen LogP contribution in [0.4, 0.5) is 5.95 Å². The van der Waals surface area contributed by atoms with Crippen LogP contribution in [0.25, 0.3) is 10.9 Å². The Balaban J connectivity index is 1.05. The average molecular weight is 966 g/mol. The van der Waals surface area contributed by atoms with Gasteiger partial charge in [0.05, 0.1) is 24.1 Å². The number of unbranched alkanes of at least 4 members (excludes halogenated alkanes) is 1. The van der Waals surface area contributed by atoms with Crippen LogP contribution in [0.2, 0.25) is 0 Å². The third kappa shape index (κ3) is 11.1. The number of carbonyl (C=O) groups excluding carboxylic acids is 3. The van der Waals surface area contributed by atoms with E-state index in [0.29, 0.717) is 54.3 Å². The second-order valence-corrected chi connectivity index (χ2v) is 18.7. The Morgan fingerprint density at radius 2 is 1.43 bits per heavy atom. The van der Waals surface area contributed by atoms with E-state index in [2.05, 4.69) is 68.6 Å². The summed E-state index contributed by atoms with van der Waals surface area (Å²) in [6.07, 6.45) is 7.82. The van der Waals surface area contributed by atoms with Gasteiger partial charge in [-0.1, -0.05) is 110 Å². The number of anilines is 1. The Bertz CT molecular complexity index is 3000. The van der Waals surface area contributed by atoms with E-state index >= 15 is 0 Å². The molecule has 16 heteroatoms. The maximum absolute atomic E-state index is 13.9. The fourth-order valence-corrected chi connectivity index (χ4v) is 10.5. The van der Waals surface area contributed by atoms with Crippen molar-refractivity contribution in [3.05, 3.63) is 189 Å². The fourth-order valence-electron chi connectivity index (χ4n) is 8.83. The monoisotopic (exact) mass is 965 g/mol. The van der Waals surface area contributed by atoms with Crippen LogP contribution >= 0.6 is 0 Å². The first-order valence-electron chi connectivity index (χ1n) is 23.2. The Morgan fingerprint density at radius 1 is 0.814 bits per heavy atom. The first-order valence-corrected chi connectivity index (χ1v) is 24.7. The Hall–Kier alpha value is -7.56. The fraction of sp³-hybridized carbons (Fsp3) is 0.278. The number of carbonyl (C=O) groups is 3. The van der Waals surface area contributed by atoms with Crippen LogP contribution in [0.15, 0.2) is 150 Å². The third-order valence-electron chi connectivity index (χ3n) is 12.1. The van der Waals surface area contributed by atoms with Crippen LogP contribution in [0, 0.1) is 13.8 Å². The number of esters is 1. The van der Waals surface area contributed by atoms with Crippen LogP contribution in [0.3, 0.4) is 0 Å². The van der Waals surface area contributed by atoms with Crippen LogP contribution in [-0.2, 0) is 43.5 Å². The normalized spacial score (nSPS) is 12.0. The molecule has 4 N–H and O–H groups in total. The van der Waals surface area contributed by atoms with E-state index < -0.39 is 45.5 Å². The van der Waals surface area contributed by atoms with Gasteiger partial charge < -0.3 is 30.0 Å². The van der Waals surface area contributed by atoms with Crippen molar-refractivity contribution in [1.29, 1.82) is 0 Å². The number of imidazole rings is 1. The van der Waals surface area contributed by atoms with E-state index in [-0.39, 0.29) is 28.4 Å². The van der Waals surface area contributed by atoms with Crippen molar-refractivity contribution in [1.82, 2.24) is 29.5 Å². The van der Waals surface area contributed by atoms with Crippen molar-refractivity contribution >= 4 is 44.7 Å². The van der Waals surface area contributed by atoms with Crippen molar-refractivity contribution in [2.24, 2.45) is 7.05 Å². The molecule has 364 valence electrons. The molecule has 2 aromatic heterocycles. The van der Waals surface area contributed by atoms with E-state index in [4.69, 9.17) is 14.5 Å². The van der Waals surface area contributed by atoms with Crippen molar-refractivity contribution in [2.45, 2.75) is 69.5 Å². The second kappa shape index (κ2) is 22.7. The minimum atomic E-state index is -4.36. The predicted molar refractivity (Wildman–Crippen MR) is 270 cm³/mol. The molecule has 5 aromatic carbocycles. The Labute approximate surface area is 408 Å². The highest BCUT2D eigenvalue weighted by Crippen LogP contribution is 2.42. The van der Waals surface area contributed by atoms with Crippen LogP contribution in [-0.4, -0.2) is 73.2 Å². The van der Waals surface area contributed by atoms with E-state index in [0.717, 1.165) is 42.2 Å². The first-order chi connectivity index (χ1) is 33.8. The second-order valence-electron chi connectivity index (χ2n) is 17.1. The van der Waals surface area contributed by atoms with Gasteiger partial charge in [0.25, 0.3) is 5.91 Å². The zero-order valence-electron chi connectivity index (χ0n) is 40.0. The largest absolute Gasteiger partial charge is 0.494 e. The number of nitrogens with one attached hydrogen (secondary N) is 4. The Morgan fingerprint density at radius 3 is 2.01 bits per heavy atom. The molecule has 7 aromatic rings. The summed E-state index contributed by atoms with van der Waals surface area (Å²) in [4.78, 5) is 57.3. The molecule has 0 bridgehead atoms. The minimum absolute atomic E-state index is 0.0531. The number of fused-ring (bicyclic) bond motifs is 1. The van der Waals surface area contributed by atoms with Crippen molar-refractivity contribution in [3.63, 3.8) is 0 Å². The number of aromatic nitrogens is 3. The number of hydrogen-bond donors (Lipinski definition) is 4. The zero-order chi connectivity index (χ0) is 49.8. The number of ether oxygens (including phenoxy) is 2. The molecule has 0 radical (unpaired) electrons. The number of rotatable bonds is 22. The first kappa shape index (κ1) is 50.3. The third-order valence-corrected chi connectivity index (χ3v) is 13.9. The molecule has 15 nitrogen and oxygen atoms in total. The molecule has 7 rings (SSSR count). The van der Waals surface area contributed by atoms with E-state index in [1.807, 2.05) is 72.9 Å². The van der Waals surface area contributed by atoms with Gasteiger partial charge in [0.2, 0.25) is 27.3 Å². The van der Waals surface area contributed by atoms with Gasteiger partial charge in [-0.2, -0.15) is 4.72 Å². The molecule has 2 heterocycles. The number of benzene rings is 5. The van der Waals surface area contributed by atoms with E-state index in [9.17, 15) is 27.6 Å². The van der Waals surface area contributed by atoms with Crippen molar-refractivity contribution in [3.8, 4) is 5.75 Å².